The quantitative estimate of drug-likeness (QED) is 0.800. The number of nitrogens with zero attached hydrogens (tertiary/aromatic N) is 1. The number of amides is 3. The van der Waals surface area contributed by atoms with Crippen LogP contribution in [0.1, 0.15) is 26.3 Å². The van der Waals surface area contributed by atoms with Crippen molar-refractivity contribution in [3.63, 3.8) is 0 Å². The minimum Gasteiger partial charge on any atom is -0.482 e. The highest BCUT2D eigenvalue weighted by molar-refractivity contribution is 6.05. The molecule has 1 aliphatic heterocycles. The van der Waals surface area contributed by atoms with Crippen molar-refractivity contribution in [2.75, 3.05) is 28.7 Å². The Balaban J connectivity index is 1.70. The van der Waals surface area contributed by atoms with Crippen molar-refractivity contribution in [3.8, 4) is 5.75 Å². The second-order valence-corrected chi connectivity index (χ2v) is 7.94. The maximum Gasteiger partial charge on any atom is 0.412 e. The van der Waals surface area contributed by atoms with Crippen molar-refractivity contribution in [2.24, 2.45) is 0 Å². The number of carbonyl (C=O) groups excluding carboxylic acids is 3. The number of hydrogen-bond acceptors (Lipinski definition) is 5. The van der Waals surface area contributed by atoms with Crippen molar-refractivity contribution in [2.45, 2.75) is 33.3 Å². The SMILES string of the molecule is Cc1ccc(NC(=O)OC(C)(C)C)cc1NC(=O)CN1C(=O)COc2ccccc21. The van der Waals surface area contributed by atoms with E-state index in [4.69, 9.17) is 9.47 Å². The fourth-order valence-corrected chi connectivity index (χ4v) is 2.92. The Morgan fingerprint density at radius 1 is 1.13 bits per heavy atom. The summed E-state index contributed by atoms with van der Waals surface area (Å²) in [6.45, 7) is 6.90. The predicted octanol–water partition coefficient (Wildman–Crippen LogP) is 3.71. The molecule has 0 unspecified atom stereocenters. The van der Waals surface area contributed by atoms with Gasteiger partial charge in [0.05, 0.1) is 5.69 Å². The van der Waals surface area contributed by atoms with Gasteiger partial charge in [0.1, 0.15) is 17.9 Å². The van der Waals surface area contributed by atoms with E-state index in [1.54, 1.807) is 63.2 Å². The van der Waals surface area contributed by atoms with Crippen molar-refractivity contribution >= 4 is 35.0 Å². The number of aryl methyl sites for hydroxylation is 1. The van der Waals surface area contributed by atoms with Gasteiger partial charge in [0.15, 0.2) is 6.61 Å². The molecule has 2 N–H and O–H groups in total. The summed E-state index contributed by atoms with van der Waals surface area (Å²) in [5, 5.41) is 5.45. The average Bonchev–Trinajstić information content (AvgIpc) is 2.65. The summed E-state index contributed by atoms with van der Waals surface area (Å²) >= 11 is 0. The maximum absolute atomic E-state index is 12.7. The Morgan fingerprint density at radius 3 is 2.60 bits per heavy atom. The number of benzene rings is 2. The standard InChI is InChI=1S/C22H25N3O5/c1-14-9-10-15(23-21(28)30-22(2,3)4)11-16(14)24-19(26)12-25-17-7-5-6-8-18(17)29-13-20(25)27/h5-11H,12-13H2,1-4H3,(H,23,28)(H,24,26). The Bertz CT molecular complexity index is 981. The van der Waals surface area contributed by atoms with Gasteiger partial charge in [0.25, 0.3) is 5.91 Å². The third-order valence-corrected chi connectivity index (χ3v) is 4.27. The minimum absolute atomic E-state index is 0.112. The first-order valence-corrected chi connectivity index (χ1v) is 9.55. The van der Waals surface area contributed by atoms with Crippen LogP contribution in [0.2, 0.25) is 0 Å². The molecule has 0 fully saturated rings. The van der Waals surface area contributed by atoms with Gasteiger partial charge in [-0.2, -0.15) is 0 Å². The van der Waals surface area contributed by atoms with Crippen LogP contribution in [0.5, 0.6) is 5.75 Å². The van der Waals surface area contributed by atoms with Crippen molar-refractivity contribution in [1.82, 2.24) is 0 Å². The number of ether oxygens (including phenoxy) is 2. The topological polar surface area (TPSA) is 97.0 Å². The summed E-state index contributed by atoms with van der Waals surface area (Å²) in [6.07, 6.45) is -0.584. The highest BCUT2D eigenvalue weighted by Crippen LogP contribution is 2.31. The third kappa shape index (κ3) is 5.28. The molecule has 0 saturated carbocycles. The van der Waals surface area contributed by atoms with Crippen LogP contribution in [0.25, 0.3) is 0 Å². The van der Waals surface area contributed by atoms with Crippen LogP contribution < -0.4 is 20.3 Å². The Labute approximate surface area is 175 Å². The molecule has 0 saturated heterocycles. The van der Waals surface area contributed by atoms with Crippen LogP contribution in [0.4, 0.5) is 21.9 Å². The molecule has 0 atom stereocenters. The normalized spacial score (nSPS) is 13.2. The zero-order valence-electron chi connectivity index (χ0n) is 17.4. The van der Waals surface area contributed by atoms with Gasteiger partial charge in [-0.05, 0) is 57.5 Å². The summed E-state index contributed by atoms with van der Waals surface area (Å²) in [6, 6.07) is 12.2. The van der Waals surface area contributed by atoms with Crippen LogP contribution in [0.15, 0.2) is 42.5 Å². The molecule has 0 aliphatic carbocycles. The summed E-state index contributed by atoms with van der Waals surface area (Å²) in [7, 11) is 0. The fraction of sp³-hybridized carbons (Fsp3) is 0.318. The van der Waals surface area contributed by atoms with E-state index in [-0.39, 0.29) is 25.0 Å². The van der Waals surface area contributed by atoms with Gasteiger partial charge in [-0.1, -0.05) is 18.2 Å². The molecule has 0 aromatic heterocycles. The second-order valence-electron chi connectivity index (χ2n) is 7.94. The van der Waals surface area contributed by atoms with E-state index in [0.29, 0.717) is 22.8 Å². The number of anilines is 3. The maximum atomic E-state index is 12.7. The number of carbonyl (C=O) groups is 3. The molecule has 0 spiro atoms. The molecule has 1 heterocycles. The first-order chi connectivity index (χ1) is 14.1. The molecular formula is C22H25N3O5. The number of nitrogens with one attached hydrogen (secondary N) is 2. The fourth-order valence-electron chi connectivity index (χ4n) is 2.92. The lowest BCUT2D eigenvalue weighted by molar-refractivity contribution is -0.123. The predicted molar refractivity (Wildman–Crippen MR) is 114 cm³/mol. The number of hydrogen-bond donors (Lipinski definition) is 2. The first-order valence-electron chi connectivity index (χ1n) is 9.55. The summed E-state index contributed by atoms with van der Waals surface area (Å²) in [5.74, 6) is -0.0943. The van der Waals surface area contributed by atoms with E-state index in [0.717, 1.165) is 5.56 Å². The summed E-state index contributed by atoms with van der Waals surface area (Å²) < 4.78 is 10.6. The Kier molecular flexibility index (Phi) is 5.96. The monoisotopic (exact) mass is 411 g/mol. The van der Waals surface area contributed by atoms with Crippen LogP contribution >= 0.6 is 0 Å². The summed E-state index contributed by atoms with van der Waals surface area (Å²) in [4.78, 5) is 38.3. The van der Waals surface area contributed by atoms with Gasteiger partial charge in [0, 0.05) is 11.4 Å². The number of fused-ring (bicyclic) bond motifs is 1. The molecule has 30 heavy (non-hydrogen) atoms. The molecule has 2 aromatic rings. The third-order valence-electron chi connectivity index (χ3n) is 4.27. The van der Waals surface area contributed by atoms with Gasteiger partial charge in [-0.3, -0.25) is 19.8 Å². The Morgan fingerprint density at radius 2 is 1.87 bits per heavy atom. The molecule has 158 valence electrons. The molecule has 8 heteroatoms. The van der Waals surface area contributed by atoms with E-state index in [1.165, 1.54) is 4.90 Å². The van der Waals surface area contributed by atoms with E-state index in [2.05, 4.69) is 10.6 Å². The molecular weight excluding hydrogens is 386 g/mol. The van der Waals surface area contributed by atoms with Crippen LogP contribution in [-0.2, 0) is 14.3 Å². The average molecular weight is 411 g/mol. The van der Waals surface area contributed by atoms with E-state index in [1.807, 2.05) is 6.92 Å². The summed E-state index contributed by atoms with van der Waals surface area (Å²) in [5.41, 5.74) is 1.76. The zero-order chi connectivity index (χ0) is 21.9. The second kappa shape index (κ2) is 8.44. The van der Waals surface area contributed by atoms with Gasteiger partial charge in [-0.25, -0.2) is 4.79 Å². The van der Waals surface area contributed by atoms with Crippen LogP contribution in [-0.4, -0.2) is 36.7 Å². The molecule has 2 aromatic carbocycles. The molecule has 3 amide bonds. The molecule has 0 radical (unpaired) electrons. The highest BCUT2D eigenvalue weighted by atomic mass is 16.6. The van der Waals surface area contributed by atoms with Gasteiger partial charge < -0.3 is 14.8 Å². The van der Waals surface area contributed by atoms with Crippen LogP contribution in [0.3, 0.4) is 0 Å². The van der Waals surface area contributed by atoms with Crippen molar-refractivity contribution < 1.29 is 23.9 Å². The van der Waals surface area contributed by atoms with Gasteiger partial charge in [-0.15, -0.1) is 0 Å². The zero-order valence-corrected chi connectivity index (χ0v) is 17.4. The smallest absolute Gasteiger partial charge is 0.412 e. The van der Waals surface area contributed by atoms with Crippen molar-refractivity contribution in [1.29, 1.82) is 0 Å². The number of para-hydroxylation sites is 2. The Hall–Kier alpha value is -3.55. The van der Waals surface area contributed by atoms with Gasteiger partial charge >= 0.3 is 6.09 Å². The molecule has 8 nitrogen and oxygen atoms in total. The number of rotatable bonds is 4. The first kappa shape index (κ1) is 21.2. The van der Waals surface area contributed by atoms with Crippen LogP contribution in [0, 0.1) is 6.92 Å². The molecule has 1 aliphatic rings. The van der Waals surface area contributed by atoms with E-state index < -0.39 is 11.7 Å². The highest BCUT2D eigenvalue weighted by Gasteiger charge is 2.27. The van der Waals surface area contributed by atoms with Gasteiger partial charge in [0.2, 0.25) is 5.91 Å². The largest absolute Gasteiger partial charge is 0.482 e. The lowest BCUT2D eigenvalue weighted by Crippen LogP contribution is -2.43. The minimum atomic E-state index is -0.618. The van der Waals surface area contributed by atoms with E-state index in [9.17, 15) is 14.4 Å². The molecule has 3 rings (SSSR count). The lowest BCUT2D eigenvalue weighted by Gasteiger charge is -2.28. The van der Waals surface area contributed by atoms with Crippen molar-refractivity contribution in [3.05, 3.63) is 48.0 Å². The lowest BCUT2D eigenvalue weighted by atomic mass is 10.1. The van der Waals surface area contributed by atoms with E-state index >= 15 is 0 Å². The molecule has 0 bridgehead atoms.